The molecule has 1 heterocycles. The molecule has 9 nitrogen and oxygen atoms in total. The fourth-order valence-electron chi connectivity index (χ4n) is 3.96. The number of benzene rings is 1. The number of nitrogens with one attached hydrogen (secondary N) is 2. The fourth-order valence-corrected chi connectivity index (χ4v) is 4.10. The van der Waals surface area contributed by atoms with Gasteiger partial charge in [-0.25, -0.2) is 9.78 Å². The summed E-state index contributed by atoms with van der Waals surface area (Å²) < 4.78 is 11.2. The van der Waals surface area contributed by atoms with E-state index in [1.54, 1.807) is 13.0 Å². The van der Waals surface area contributed by atoms with Crippen LogP contribution in [0, 0.1) is 5.41 Å². The zero-order valence-corrected chi connectivity index (χ0v) is 21.4. The summed E-state index contributed by atoms with van der Waals surface area (Å²) in [5, 5.41) is 5.41. The molecular weight excluding hydrogens is 484 g/mol. The lowest BCUT2D eigenvalue weighted by Gasteiger charge is -2.40. The molecule has 1 unspecified atom stereocenters. The molecule has 2 aromatic rings. The van der Waals surface area contributed by atoms with Crippen molar-refractivity contribution in [2.45, 2.75) is 64.5 Å². The maximum atomic E-state index is 12.9. The number of nitrogens with zero attached hydrogens (tertiary/aromatic N) is 2. The average molecular weight is 517 g/mol. The summed E-state index contributed by atoms with van der Waals surface area (Å²) in [6.07, 6.45) is 5.27. The van der Waals surface area contributed by atoms with Crippen molar-refractivity contribution in [2.24, 2.45) is 5.41 Å². The van der Waals surface area contributed by atoms with Gasteiger partial charge in [0.25, 0.3) is 5.91 Å². The number of hydrogen-bond acceptors (Lipinski definition) is 7. The number of amides is 2. The number of ketones is 1. The van der Waals surface area contributed by atoms with Gasteiger partial charge in [0.15, 0.2) is 0 Å². The van der Waals surface area contributed by atoms with Crippen LogP contribution in [0.2, 0.25) is 5.28 Å². The Kier molecular flexibility index (Phi) is 10.0. The monoisotopic (exact) mass is 516 g/mol. The second-order valence-electron chi connectivity index (χ2n) is 9.19. The maximum Gasteiger partial charge on any atom is 0.407 e. The number of alkyl carbamates (subject to hydrolysis) is 1. The second kappa shape index (κ2) is 13.2. The zero-order chi connectivity index (χ0) is 26.0. The number of rotatable bonds is 13. The number of carbonyl (C=O) groups excluding carboxylic acids is 3. The van der Waals surface area contributed by atoms with Gasteiger partial charge < -0.3 is 20.1 Å². The molecule has 2 N–H and O–H groups in total. The molecular formula is C26H33ClN4O5. The van der Waals surface area contributed by atoms with E-state index in [4.69, 9.17) is 21.1 Å². The van der Waals surface area contributed by atoms with Crippen LogP contribution in [0.4, 0.5) is 4.79 Å². The van der Waals surface area contributed by atoms with Crippen molar-refractivity contribution < 1.29 is 23.9 Å². The molecule has 0 radical (unpaired) electrons. The van der Waals surface area contributed by atoms with Crippen LogP contribution < -0.4 is 15.4 Å². The lowest BCUT2D eigenvalue weighted by atomic mass is 9.70. The maximum absolute atomic E-state index is 12.9. The van der Waals surface area contributed by atoms with E-state index < -0.39 is 23.8 Å². The molecule has 1 aliphatic carbocycles. The van der Waals surface area contributed by atoms with E-state index in [0.29, 0.717) is 25.3 Å². The quantitative estimate of drug-likeness (QED) is 0.299. The first-order chi connectivity index (χ1) is 17.3. The number of hydrogen-bond donors (Lipinski definition) is 2. The van der Waals surface area contributed by atoms with Crippen molar-refractivity contribution >= 4 is 29.4 Å². The molecule has 0 bridgehead atoms. The number of aromatic nitrogens is 2. The van der Waals surface area contributed by atoms with E-state index in [-0.39, 0.29) is 23.3 Å². The van der Waals surface area contributed by atoms with Crippen LogP contribution in [0.25, 0.3) is 0 Å². The van der Waals surface area contributed by atoms with Gasteiger partial charge in [-0.2, -0.15) is 4.98 Å². The predicted molar refractivity (Wildman–Crippen MR) is 135 cm³/mol. The molecule has 1 aliphatic rings. The SMILES string of the molecule is CCCCC(NC(=O)OCC1(COc2ccnc(Cl)n2)CCC1)C(=O)C(=O)N[C@H](C)c1ccccc1. The van der Waals surface area contributed by atoms with Gasteiger partial charge in [-0.3, -0.25) is 9.59 Å². The van der Waals surface area contributed by atoms with Gasteiger partial charge in [-0.05, 0) is 43.4 Å². The highest BCUT2D eigenvalue weighted by Gasteiger charge is 2.40. The van der Waals surface area contributed by atoms with Crippen LogP contribution in [0.3, 0.4) is 0 Å². The summed E-state index contributed by atoms with van der Waals surface area (Å²) in [5.74, 6) is -1.07. The summed E-state index contributed by atoms with van der Waals surface area (Å²) in [4.78, 5) is 46.0. The van der Waals surface area contributed by atoms with Gasteiger partial charge in [0.2, 0.25) is 16.9 Å². The van der Waals surface area contributed by atoms with Gasteiger partial charge in [-0.1, -0.05) is 56.5 Å². The normalized spacial score (nSPS) is 15.6. The first kappa shape index (κ1) is 27.4. The van der Waals surface area contributed by atoms with Gasteiger partial charge in [0, 0.05) is 17.7 Å². The van der Waals surface area contributed by atoms with E-state index in [9.17, 15) is 14.4 Å². The number of Topliss-reactive ketones (excluding diaryl/α,β-unsaturated/α-hetero) is 1. The molecule has 2 atom stereocenters. The third-order valence-electron chi connectivity index (χ3n) is 6.38. The Labute approximate surface area is 216 Å². The molecule has 36 heavy (non-hydrogen) atoms. The number of ether oxygens (including phenoxy) is 2. The Hall–Kier alpha value is -3.20. The van der Waals surface area contributed by atoms with Crippen LogP contribution in [0.1, 0.15) is 64.0 Å². The Morgan fingerprint density at radius 2 is 1.86 bits per heavy atom. The molecule has 1 saturated carbocycles. The van der Waals surface area contributed by atoms with Gasteiger partial charge in [-0.15, -0.1) is 0 Å². The minimum atomic E-state index is -0.961. The standard InChI is InChI=1S/C26H33ClN4O5/c1-3-4-11-20(22(32)23(33)29-18(2)19-9-6-5-7-10-19)30-25(34)36-17-26(13-8-14-26)16-35-21-12-15-28-24(27)31-21/h5-7,9-10,12,15,18,20H,3-4,8,11,13-14,16-17H2,1-2H3,(H,29,33)(H,30,34)/t18-,20?/m1/s1. The van der Waals surface area contributed by atoms with Gasteiger partial charge >= 0.3 is 6.09 Å². The van der Waals surface area contributed by atoms with Crippen LogP contribution in [0.15, 0.2) is 42.6 Å². The van der Waals surface area contributed by atoms with Crippen LogP contribution in [-0.4, -0.2) is 47.0 Å². The van der Waals surface area contributed by atoms with E-state index >= 15 is 0 Å². The van der Waals surface area contributed by atoms with Crippen molar-refractivity contribution in [3.63, 3.8) is 0 Å². The average Bonchev–Trinajstić information content (AvgIpc) is 2.85. The van der Waals surface area contributed by atoms with Crippen LogP contribution >= 0.6 is 11.6 Å². The topological polar surface area (TPSA) is 120 Å². The molecule has 2 amide bonds. The first-order valence-electron chi connectivity index (χ1n) is 12.3. The Balaban J connectivity index is 1.53. The highest BCUT2D eigenvalue weighted by molar-refractivity contribution is 6.38. The minimum absolute atomic E-state index is 0.0933. The molecule has 3 rings (SSSR count). The van der Waals surface area contributed by atoms with Crippen molar-refractivity contribution in [3.8, 4) is 5.88 Å². The van der Waals surface area contributed by atoms with Crippen molar-refractivity contribution in [3.05, 3.63) is 53.4 Å². The van der Waals surface area contributed by atoms with E-state index in [0.717, 1.165) is 31.2 Å². The third-order valence-corrected chi connectivity index (χ3v) is 6.56. The zero-order valence-electron chi connectivity index (χ0n) is 20.7. The Morgan fingerprint density at radius 3 is 2.50 bits per heavy atom. The van der Waals surface area contributed by atoms with Crippen molar-refractivity contribution in [1.82, 2.24) is 20.6 Å². The fraction of sp³-hybridized carbons (Fsp3) is 0.500. The molecule has 1 aromatic heterocycles. The first-order valence-corrected chi connectivity index (χ1v) is 12.6. The summed E-state index contributed by atoms with van der Waals surface area (Å²) in [6, 6.07) is 9.66. The van der Waals surface area contributed by atoms with Crippen LogP contribution in [-0.2, 0) is 14.3 Å². The Morgan fingerprint density at radius 1 is 1.11 bits per heavy atom. The number of halogens is 1. The lowest BCUT2D eigenvalue weighted by Crippen LogP contribution is -2.49. The molecule has 0 saturated heterocycles. The van der Waals surface area contributed by atoms with Crippen LogP contribution in [0.5, 0.6) is 5.88 Å². The van der Waals surface area contributed by atoms with Gasteiger partial charge in [0.05, 0.1) is 12.6 Å². The molecule has 194 valence electrons. The number of unbranched alkanes of at least 4 members (excludes halogenated alkanes) is 1. The molecule has 1 fully saturated rings. The van der Waals surface area contributed by atoms with E-state index in [2.05, 4.69) is 20.6 Å². The lowest BCUT2D eigenvalue weighted by molar-refractivity contribution is -0.139. The second-order valence-corrected chi connectivity index (χ2v) is 9.53. The molecule has 0 spiro atoms. The molecule has 0 aliphatic heterocycles. The summed E-state index contributed by atoms with van der Waals surface area (Å²) in [5.41, 5.74) is 0.550. The smallest absolute Gasteiger partial charge is 0.407 e. The summed E-state index contributed by atoms with van der Waals surface area (Å²) >= 11 is 5.80. The molecule has 1 aromatic carbocycles. The largest absolute Gasteiger partial charge is 0.477 e. The summed E-state index contributed by atoms with van der Waals surface area (Å²) in [6.45, 7) is 4.22. The van der Waals surface area contributed by atoms with Gasteiger partial charge in [0.1, 0.15) is 12.6 Å². The predicted octanol–water partition coefficient (Wildman–Crippen LogP) is 4.41. The minimum Gasteiger partial charge on any atom is -0.477 e. The van der Waals surface area contributed by atoms with Crippen molar-refractivity contribution in [1.29, 1.82) is 0 Å². The highest BCUT2D eigenvalue weighted by Crippen LogP contribution is 2.41. The Bertz CT molecular complexity index is 1030. The van der Waals surface area contributed by atoms with Crippen molar-refractivity contribution in [2.75, 3.05) is 13.2 Å². The summed E-state index contributed by atoms with van der Waals surface area (Å²) in [7, 11) is 0. The van der Waals surface area contributed by atoms with E-state index in [1.165, 1.54) is 6.20 Å². The third kappa shape index (κ3) is 7.91. The van der Waals surface area contributed by atoms with E-state index in [1.807, 2.05) is 37.3 Å². The number of carbonyl (C=O) groups is 3. The molecule has 10 heteroatoms. The highest BCUT2D eigenvalue weighted by atomic mass is 35.5.